The smallest absolute Gasteiger partial charge is 0.245 e. The van der Waals surface area contributed by atoms with E-state index in [-0.39, 0.29) is 5.88 Å². The fraction of sp³-hybridized carbons (Fsp3) is 0.250. The molecular formula is C12H11ClN4O2. The molecule has 0 atom stereocenters. The summed E-state index contributed by atoms with van der Waals surface area (Å²) in [6, 6.07) is 1.89. The zero-order valence-electron chi connectivity index (χ0n) is 10.2. The van der Waals surface area contributed by atoms with Crippen LogP contribution in [0.5, 0.6) is 5.88 Å². The Labute approximate surface area is 114 Å². The van der Waals surface area contributed by atoms with Gasteiger partial charge >= 0.3 is 0 Å². The second-order valence-corrected chi connectivity index (χ2v) is 4.20. The van der Waals surface area contributed by atoms with Gasteiger partial charge in [0.25, 0.3) is 0 Å². The Bertz CT molecular complexity index is 693. The molecule has 7 heteroatoms. The maximum Gasteiger partial charge on any atom is 0.245 e. The van der Waals surface area contributed by atoms with Crippen LogP contribution in [0.3, 0.4) is 0 Å². The van der Waals surface area contributed by atoms with Gasteiger partial charge < -0.3 is 13.7 Å². The maximum atomic E-state index is 5.94. The van der Waals surface area contributed by atoms with E-state index in [1.165, 1.54) is 6.33 Å². The highest BCUT2D eigenvalue weighted by atomic mass is 35.5. The highest BCUT2D eigenvalue weighted by molar-refractivity contribution is 6.16. The lowest BCUT2D eigenvalue weighted by Gasteiger charge is -2.04. The van der Waals surface area contributed by atoms with Crippen LogP contribution in [0.15, 0.2) is 29.3 Å². The number of hydrogen-bond donors (Lipinski definition) is 0. The first-order valence-corrected chi connectivity index (χ1v) is 6.18. The van der Waals surface area contributed by atoms with Crippen molar-refractivity contribution in [3.63, 3.8) is 0 Å². The van der Waals surface area contributed by atoms with Crippen LogP contribution in [0, 0.1) is 0 Å². The monoisotopic (exact) mass is 278 g/mol. The average molecular weight is 279 g/mol. The van der Waals surface area contributed by atoms with E-state index in [2.05, 4.69) is 15.0 Å². The molecule has 0 saturated carbocycles. The van der Waals surface area contributed by atoms with Gasteiger partial charge in [0, 0.05) is 5.56 Å². The number of nitrogens with zero attached hydrogens (tertiary/aromatic N) is 4. The van der Waals surface area contributed by atoms with Gasteiger partial charge in [0.2, 0.25) is 5.88 Å². The molecule has 0 unspecified atom stereocenters. The number of rotatable bonds is 4. The number of halogens is 1. The molecule has 0 fully saturated rings. The quantitative estimate of drug-likeness (QED) is 0.685. The van der Waals surface area contributed by atoms with E-state index in [0.717, 1.165) is 11.4 Å². The molecule has 0 amide bonds. The highest BCUT2D eigenvalue weighted by Gasteiger charge is 2.16. The van der Waals surface area contributed by atoms with Gasteiger partial charge in [-0.05, 0) is 6.07 Å². The molecule has 3 heterocycles. The van der Waals surface area contributed by atoms with E-state index in [1.807, 2.05) is 10.6 Å². The lowest BCUT2D eigenvalue weighted by Crippen LogP contribution is -2.04. The molecular weight excluding hydrogens is 268 g/mol. The van der Waals surface area contributed by atoms with Crippen molar-refractivity contribution < 1.29 is 9.15 Å². The lowest BCUT2D eigenvalue weighted by molar-refractivity contribution is 0.401. The number of imidazole rings is 1. The van der Waals surface area contributed by atoms with E-state index >= 15 is 0 Å². The van der Waals surface area contributed by atoms with Crippen LogP contribution < -0.4 is 4.74 Å². The molecule has 3 aromatic rings. The van der Waals surface area contributed by atoms with E-state index in [1.54, 1.807) is 19.6 Å². The number of hydrogen-bond acceptors (Lipinski definition) is 5. The minimum Gasteiger partial charge on any atom is -0.479 e. The molecule has 0 aliphatic carbocycles. The molecule has 3 rings (SSSR count). The third kappa shape index (κ3) is 2.04. The molecule has 19 heavy (non-hydrogen) atoms. The van der Waals surface area contributed by atoms with Gasteiger partial charge in [-0.2, -0.15) is 4.98 Å². The van der Waals surface area contributed by atoms with Crippen molar-refractivity contribution in [2.24, 2.45) is 0 Å². The molecule has 3 aromatic heterocycles. The molecule has 0 spiro atoms. The molecule has 0 bridgehead atoms. The van der Waals surface area contributed by atoms with Crippen molar-refractivity contribution >= 4 is 22.8 Å². The molecule has 0 aliphatic rings. The van der Waals surface area contributed by atoms with Gasteiger partial charge in [0.05, 0.1) is 32.1 Å². The SMILES string of the molecule is COc1ncnc2c1nc(CCl)n2Cc1ccoc1. The third-order valence-corrected chi connectivity index (χ3v) is 3.05. The number of methoxy groups -OCH3 is 1. The predicted molar refractivity (Wildman–Crippen MR) is 69.2 cm³/mol. The van der Waals surface area contributed by atoms with Crippen LogP contribution in [-0.2, 0) is 12.4 Å². The second kappa shape index (κ2) is 4.89. The molecule has 0 radical (unpaired) electrons. The Morgan fingerprint density at radius 1 is 1.42 bits per heavy atom. The fourth-order valence-electron chi connectivity index (χ4n) is 1.94. The Hall–Kier alpha value is -2.08. The van der Waals surface area contributed by atoms with E-state index in [4.69, 9.17) is 20.8 Å². The van der Waals surface area contributed by atoms with Gasteiger partial charge in [0.15, 0.2) is 11.2 Å². The fourth-order valence-corrected chi connectivity index (χ4v) is 2.15. The first-order valence-electron chi connectivity index (χ1n) is 5.64. The van der Waals surface area contributed by atoms with Crippen molar-refractivity contribution in [1.82, 2.24) is 19.5 Å². The topological polar surface area (TPSA) is 66.0 Å². The van der Waals surface area contributed by atoms with Gasteiger partial charge in [-0.15, -0.1) is 11.6 Å². The number of ether oxygens (including phenoxy) is 1. The third-order valence-electron chi connectivity index (χ3n) is 2.81. The predicted octanol–water partition coefficient (Wildman–Crippen LogP) is 2.21. The first-order chi connectivity index (χ1) is 9.33. The highest BCUT2D eigenvalue weighted by Crippen LogP contribution is 2.23. The summed E-state index contributed by atoms with van der Waals surface area (Å²) in [7, 11) is 1.55. The van der Waals surface area contributed by atoms with Gasteiger partial charge in [-0.25, -0.2) is 9.97 Å². The van der Waals surface area contributed by atoms with E-state index < -0.39 is 0 Å². The van der Waals surface area contributed by atoms with Gasteiger partial charge in [0.1, 0.15) is 12.2 Å². The molecule has 0 saturated heterocycles. The van der Waals surface area contributed by atoms with Crippen LogP contribution in [0.2, 0.25) is 0 Å². The standard InChI is InChI=1S/C12H11ClN4O2/c1-18-12-10-11(14-7-15-12)17(9(4-13)16-10)5-8-2-3-19-6-8/h2-3,6-7H,4-5H2,1H3. The first kappa shape index (κ1) is 12.0. The molecule has 0 aliphatic heterocycles. The summed E-state index contributed by atoms with van der Waals surface area (Å²) in [4.78, 5) is 12.7. The van der Waals surface area contributed by atoms with Crippen LogP contribution >= 0.6 is 11.6 Å². The van der Waals surface area contributed by atoms with E-state index in [0.29, 0.717) is 23.6 Å². The van der Waals surface area contributed by atoms with Crippen molar-refractivity contribution in [2.45, 2.75) is 12.4 Å². The summed E-state index contributed by atoms with van der Waals surface area (Å²) in [5.41, 5.74) is 2.33. The summed E-state index contributed by atoms with van der Waals surface area (Å²) >= 11 is 5.94. The van der Waals surface area contributed by atoms with Crippen LogP contribution in [0.1, 0.15) is 11.4 Å². The molecule has 98 valence electrons. The molecule has 6 nitrogen and oxygen atoms in total. The normalized spacial score (nSPS) is 11.1. The van der Waals surface area contributed by atoms with Crippen molar-refractivity contribution in [3.05, 3.63) is 36.3 Å². The average Bonchev–Trinajstić information content (AvgIpc) is 3.07. The molecule has 0 N–H and O–H groups in total. The second-order valence-electron chi connectivity index (χ2n) is 3.93. The van der Waals surface area contributed by atoms with Crippen LogP contribution in [0.25, 0.3) is 11.2 Å². The van der Waals surface area contributed by atoms with E-state index in [9.17, 15) is 0 Å². The Kier molecular flexibility index (Phi) is 3.08. The number of aromatic nitrogens is 4. The van der Waals surface area contributed by atoms with Gasteiger partial charge in [-0.1, -0.05) is 0 Å². The summed E-state index contributed by atoms with van der Waals surface area (Å²) in [6.07, 6.45) is 4.76. The van der Waals surface area contributed by atoms with Crippen LogP contribution in [0.4, 0.5) is 0 Å². The summed E-state index contributed by atoms with van der Waals surface area (Å²) in [5.74, 6) is 1.45. The lowest BCUT2D eigenvalue weighted by atomic mass is 10.3. The number of furan rings is 1. The summed E-state index contributed by atoms with van der Waals surface area (Å²) in [5, 5.41) is 0. The van der Waals surface area contributed by atoms with Crippen molar-refractivity contribution in [1.29, 1.82) is 0 Å². The maximum absolute atomic E-state index is 5.94. The van der Waals surface area contributed by atoms with Gasteiger partial charge in [-0.3, -0.25) is 0 Å². The number of alkyl halides is 1. The van der Waals surface area contributed by atoms with Crippen LogP contribution in [-0.4, -0.2) is 26.6 Å². The number of fused-ring (bicyclic) bond motifs is 1. The Morgan fingerprint density at radius 3 is 3.00 bits per heavy atom. The zero-order valence-corrected chi connectivity index (χ0v) is 11.0. The van der Waals surface area contributed by atoms with Crippen molar-refractivity contribution in [2.75, 3.05) is 7.11 Å². The van der Waals surface area contributed by atoms with Crippen molar-refractivity contribution in [3.8, 4) is 5.88 Å². The zero-order chi connectivity index (χ0) is 13.2. The summed E-state index contributed by atoms with van der Waals surface area (Å²) < 4.78 is 12.2. The molecule has 0 aromatic carbocycles. The Morgan fingerprint density at radius 2 is 2.32 bits per heavy atom. The summed E-state index contributed by atoms with van der Waals surface area (Å²) in [6.45, 7) is 0.592. The minimum absolute atomic E-state index is 0.289. The Balaban J connectivity index is 2.16. The largest absolute Gasteiger partial charge is 0.479 e. The minimum atomic E-state index is 0.289.